The number of halogens is 1. The van der Waals surface area contributed by atoms with Crippen molar-refractivity contribution in [1.82, 2.24) is 4.72 Å². The molecule has 1 aromatic rings. The topological polar surface area (TPSA) is 115 Å². The van der Waals surface area contributed by atoms with E-state index in [1.165, 1.54) is 13.0 Å². The van der Waals surface area contributed by atoms with E-state index in [4.69, 9.17) is 11.5 Å². The molecule has 100 valence electrons. The minimum absolute atomic E-state index is 0.124. The van der Waals surface area contributed by atoms with E-state index in [2.05, 4.69) is 4.72 Å². The Hall–Kier alpha value is -1.67. The number of nitrogens with two attached hydrogens (primary N) is 2. The number of nitrogens with one attached hydrogen (secondary N) is 1. The van der Waals surface area contributed by atoms with Crippen LogP contribution in [-0.4, -0.2) is 20.4 Å². The van der Waals surface area contributed by atoms with Gasteiger partial charge in [-0.2, -0.15) is 0 Å². The smallest absolute Gasteiger partial charge is 0.243 e. The highest BCUT2D eigenvalue weighted by Crippen LogP contribution is 2.18. The van der Waals surface area contributed by atoms with E-state index in [0.717, 1.165) is 12.1 Å². The van der Waals surface area contributed by atoms with Crippen LogP contribution in [0.25, 0.3) is 0 Å². The molecule has 0 aliphatic heterocycles. The van der Waals surface area contributed by atoms with Crippen molar-refractivity contribution in [3.63, 3.8) is 0 Å². The summed E-state index contributed by atoms with van der Waals surface area (Å²) in [4.78, 5) is 10.1. The highest BCUT2D eigenvalue weighted by molar-refractivity contribution is 7.89. The Bertz CT molecular complexity index is 559. The van der Waals surface area contributed by atoms with Crippen molar-refractivity contribution in [2.24, 2.45) is 5.73 Å². The number of carbonyl (C=O) groups is 1. The second-order valence-corrected chi connectivity index (χ2v) is 5.57. The van der Waals surface area contributed by atoms with Gasteiger partial charge in [0.05, 0.1) is 0 Å². The normalized spacial score (nSPS) is 13.2. The van der Waals surface area contributed by atoms with Crippen molar-refractivity contribution in [2.45, 2.75) is 24.3 Å². The molecule has 0 saturated carbocycles. The minimum Gasteiger partial charge on any atom is -0.399 e. The van der Waals surface area contributed by atoms with E-state index in [1.54, 1.807) is 0 Å². The molecule has 0 aliphatic carbocycles. The summed E-state index contributed by atoms with van der Waals surface area (Å²) in [6.07, 6.45) is -0.177. The fourth-order valence-electron chi connectivity index (χ4n) is 1.40. The molecule has 18 heavy (non-hydrogen) atoms. The fraction of sp³-hybridized carbons (Fsp3) is 0.300. The molecule has 8 heteroatoms. The molecule has 0 bridgehead atoms. The number of anilines is 1. The highest BCUT2D eigenvalue weighted by atomic mass is 32.2. The van der Waals surface area contributed by atoms with Gasteiger partial charge in [-0.3, -0.25) is 4.79 Å². The van der Waals surface area contributed by atoms with Crippen molar-refractivity contribution in [3.05, 3.63) is 24.0 Å². The molecule has 5 N–H and O–H groups in total. The van der Waals surface area contributed by atoms with Gasteiger partial charge in [0.2, 0.25) is 15.9 Å². The molecule has 1 rings (SSSR count). The Balaban J connectivity index is 2.99. The van der Waals surface area contributed by atoms with Crippen LogP contribution in [-0.2, 0) is 14.8 Å². The Morgan fingerprint density at radius 3 is 2.67 bits per heavy atom. The molecule has 1 atom stereocenters. The second-order valence-electron chi connectivity index (χ2n) is 3.88. The lowest BCUT2D eigenvalue weighted by molar-refractivity contribution is -0.118. The molecule has 0 aliphatic rings. The summed E-state index contributed by atoms with van der Waals surface area (Å²) < 4.78 is 39.2. The molecule has 1 unspecified atom stereocenters. The van der Waals surface area contributed by atoms with Crippen LogP contribution in [0, 0.1) is 5.82 Å². The first-order valence-electron chi connectivity index (χ1n) is 5.08. The first-order chi connectivity index (χ1) is 8.22. The van der Waals surface area contributed by atoms with Crippen molar-refractivity contribution < 1.29 is 17.6 Å². The lowest BCUT2D eigenvalue weighted by Crippen LogP contribution is -2.36. The average molecular weight is 275 g/mol. The molecule has 6 nitrogen and oxygen atoms in total. The lowest BCUT2D eigenvalue weighted by atomic mass is 10.2. The molecule has 1 amide bonds. The molecule has 0 fully saturated rings. The van der Waals surface area contributed by atoms with Crippen LogP contribution in [0.4, 0.5) is 10.1 Å². The summed E-state index contributed by atoms with van der Waals surface area (Å²) in [6, 6.07) is 2.49. The van der Waals surface area contributed by atoms with Crippen molar-refractivity contribution in [3.8, 4) is 0 Å². The van der Waals surface area contributed by atoms with Gasteiger partial charge in [-0.25, -0.2) is 17.5 Å². The summed E-state index contributed by atoms with van der Waals surface area (Å²) in [5.41, 5.74) is 10.5. The summed E-state index contributed by atoms with van der Waals surface area (Å²) in [5, 5.41) is 0. The quantitative estimate of drug-likeness (QED) is 0.653. The molecule has 1 aromatic carbocycles. The number of carbonyl (C=O) groups excluding carboxylic acids is 1. The first kappa shape index (κ1) is 14.4. The van der Waals surface area contributed by atoms with Crippen LogP contribution in [0.5, 0.6) is 0 Å². The molecule has 0 saturated heterocycles. The molecule has 0 radical (unpaired) electrons. The minimum atomic E-state index is -4.07. The van der Waals surface area contributed by atoms with Crippen LogP contribution >= 0.6 is 0 Å². The third-order valence-electron chi connectivity index (χ3n) is 2.11. The van der Waals surface area contributed by atoms with Gasteiger partial charge in [0, 0.05) is 18.2 Å². The van der Waals surface area contributed by atoms with E-state index in [9.17, 15) is 17.6 Å². The Morgan fingerprint density at radius 2 is 2.11 bits per heavy atom. The summed E-state index contributed by atoms with van der Waals surface area (Å²) in [6.45, 7) is 1.45. The number of rotatable bonds is 5. The highest BCUT2D eigenvalue weighted by Gasteiger charge is 2.22. The third-order valence-corrected chi connectivity index (χ3v) is 3.71. The van der Waals surface area contributed by atoms with E-state index in [1.807, 2.05) is 0 Å². The average Bonchev–Trinajstić information content (AvgIpc) is 2.19. The maximum Gasteiger partial charge on any atom is 0.243 e. The number of primary amides is 1. The zero-order chi connectivity index (χ0) is 13.9. The van der Waals surface area contributed by atoms with Crippen LogP contribution in [0.15, 0.2) is 23.1 Å². The van der Waals surface area contributed by atoms with Gasteiger partial charge in [0.25, 0.3) is 0 Å². The maximum absolute atomic E-state index is 13.4. The van der Waals surface area contributed by atoms with Crippen molar-refractivity contribution in [2.75, 3.05) is 5.73 Å². The Morgan fingerprint density at radius 1 is 1.50 bits per heavy atom. The van der Waals surface area contributed by atoms with Crippen LogP contribution in [0.1, 0.15) is 13.3 Å². The zero-order valence-electron chi connectivity index (χ0n) is 9.68. The number of benzene rings is 1. The Kier molecular flexibility index (Phi) is 4.25. The number of sulfonamides is 1. The van der Waals surface area contributed by atoms with Gasteiger partial charge in [-0.1, -0.05) is 0 Å². The van der Waals surface area contributed by atoms with Gasteiger partial charge in [-0.05, 0) is 25.1 Å². The third kappa shape index (κ3) is 3.67. The first-order valence-corrected chi connectivity index (χ1v) is 6.56. The van der Waals surface area contributed by atoms with E-state index in [-0.39, 0.29) is 12.1 Å². The van der Waals surface area contributed by atoms with Crippen LogP contribution in [0.2, 0.25) is 0 Å². The van der Waals surface area contributed by atoms with E-state index < -0.39 is 32.7 Å². The fourth-order valence-corrected chi connectivity index (χ4v) is 2.75. The van der Waals surface area contributed by atoms with E-state index in [0.29, 0.717) is 0 Å². The Labute approximate surface area is 104 Å². The van der Waals surface area contributed by atoms with Crippen LogP contribution in [0.3, 0.4) is 0 Å². The van der Waals surface area contributed by atoms with Crippen molar-refractivity contribution >= 4 is 21.6 Å². The van der Waals surface area contributed by atoms with Crippen LogP contribution < -0.4 is 16.2 Å². The molecular formula is C10H14FN3O3S. The molecule has 0 aromatic heterocycles. The largest absolute Gasteiger partial charge is 0.399 e. The van der Waals surface area contributed by atoms with Gasteiger partial charge < -0.3 is 11.5 Å². The summed E-state index contributed by atoms with van der Waals surface area (Å²) in [7, 11) is -4.07. The molecular weight excluding hydrogens is 261 g/mol. The molecule has 0 spiro atoms. The lowest BCUT2D eigenvalue weighted by Gasteiger charge is -2.13. The number of amides is 1. The number of hydrogen-bond acceptors (Lipinski definition) is 4. The van der Waals surface area contributed by atoms with Gasteiger partial charge >= 0.3 is 0 Å². The summed E-state index contributed by atoms with van der Waals surface area (Å²) in [5.74, 6) is -1.57. The standard InChI is InChI=1S/C10H14FN3O3S/c1-6(4-10(13)15)14-18(16,17)9-5-7(12)2-3-8(9)11/h2-3,5-6,14H,4,12H2,1H3,(H2,13,15). The number of hydrogen-bond donors (Lipinski definition) is 3. The van der Waals surface area contributed by atoms with Crippen molar-refractivity contribution in [1.29, 1.82) is 0 Å². The predicted molar refractivity (Wildman–Crippen MR) is 64.4 cm³/mol. The predicted octanol–water partition coefficient (Wildman–Crippen LogP) is -0.0499. The monoisotopic (exact) mass is 275 g/mol. The van der Waals surface area contributed by atoms with Gasteiger partial charge in [0.15, 0.2) is 0 Å². The number of nitrogen functional groups attached to an aromatic ring is 1. The molecule has 0 heterocycles. The van der Waals surface area contributed by atoms with Gasteiger partial charge in [-0.15, -0.1) is 0 Å². The van der Waals surface area contributed by atoms with Gasteiger partial charge in [0.1, 0.15) is 10.7 Å². The second kappa shape index (κ2) is 5.32. The zero-order valence-corrected chi connectivity index (χ0v) is 10.5. The summed E-state index contributed by atoms with van der Waals surface area (Å²) >= 11 is 0. The SMILES string of the molecule is CC(CC(N)=O)NS(=O)(=O)c1cc(N)ccc1F. The van der Waals surface area contributed by atoms with E-state index >= 15 is 0 Å². The maximum atomic E-state index is 13.4.